The van der Waals surface area contributed by atoms with E-state index in [0.717, 1.165) is 12.1 Å². The van der Waals surface area contributed by atoms with Crippen LogP contribution in [0.2, 0.25) is 5.02 Å². The zero-order chi connectivity index (χ0) is 32.2. The fourth-order valence-electron chi connectivity index (χ4n) is 4.16. The Hall–Kier alpha value is -3.77. The maximum Gasteiger partial charge on any atom is 0.417 e. The van der Waals surface area contributed by atoms with E-state index in [9.17, 15) is 31.2 Å². The van der Waals surface area contributed by atoms with Gasteiger partial charge in [0.25, 0.3) is 10.0 Å². The summed E-state index contributed by atoms with van der Waals surface area (Å²) >= 11 is 5.80. The molecule has 0 aliphatic heterocycles. The number of rotatable bonds is 10. The summed E-state index contributed by atoms with van der Waals surface area (Å²) < 4.78 is 74.7. The van der Waals surface area contributed by atoms with Crippen LogP contribution in [0.4, 0.5) is 18.9 Å². The summed E-state index contributed by atoms with van der Waals surface area (Å²) in [6.07, 6.45) is -4.89. The number of benzene rings is 3. The fraction of sp³-hybridized carbons (Fsp3) is 0.333. The molecule has 0 aromatic heterocycles. The Kier molecular flexibility index (Phi) is 10.4. The highest BCUT2D eigenvalue weighted by Crippen LogP contribution is 2.38. The zero-order valence-electron chi connectivity index (χ0n) is 24.3. The van der Waals surface area contributed by atoms with Crippen molar-refractivity contribution < 1.29 is 35.9 Å². The molecule has 13 heteroatoms. The third-order valence-corrected chi connectivity index (χ3v) is 8.42. The molecule has 232 valence electrons. The van der Waals surface area contributed by atoms with Crippen LogP contribution in [-0.4, -0.2) is 50.4 Å². The highest BCUT2D eigenvalue weighted by atomic mass is 35.5. The Morgan fingerprint density at radius 3 is 2.21 bits per heavy atom. The summed E-state index contributed by atoms with van der Waals surface area (Å²) in [5.41, 5.74) is -1.76. The number of halogens is 4. The maximum atomic E-state index is 14.0. The number of nitrogens with one attached hydrogen (secondary N) is 1. The predicted octanol–water partition coefficient (Wildman–Crippen LogP) is 5.89. The number of hydrogen-bond acceptors (Lipinski definition) is 5. The number of alkyl halides is 3. The molecule has 0 aliphatic rings. The minimum absolute atomic E-state index is 0.123. The minimum atomic E-state index is -4.89. The number of sulfonamides is 1. The zero-order valence-corrected chi connectivity index (χ0v) is 25.8. The van der Waals surface area contributed by atoms with E-state index >= 15 is 0 Å². The van der Waals surface area contributed by atoms with Crippen LogP contribution in [-0.2, 0) is 32.3 Å². The first-order chi connectivity index (χ1) is 19.9. The van der Waals surface area contributed by atoms with E-state index in [1.54, 1.807) is 51.1 Å². The van der Waals surface area contributed by atoms with Crippen LogP contribution < -0.4 is 14.4 Å². The van der Waals surface area contributed by atoms with Crippen LogP contribution in [0.1, 0.15) is 38.8 Å². The van der Waals surface area contributed by atoms with Crippen molar-refractivity contribution in [3.05, 3.63) is 88.9 Å². The average molecular weight is 640 g/mol. The van der Waals surface area contributed by atoms with Crippen molar-refractivity contribution in [1.29, 1.82) is 0 Å². The van der Waals surface area contributed by atoms with E-state index in [1.165, 1.54) is 43.2 Å². The van der Waals surface area contributed by atoms with Crippen molar-refractivity contribution >= 4 is 39.1 Å². The Morgan fingerprint density at radius 1 is 0.977 bits per heavy atom. The number of amides is 2. The molecule has 8 nitrogen and oxygen atoms in total. The van der Waals surface area contributed by atoms with E-state index in [2.05, 4.69) is 5.32 Å². The molecule has 0 radical (unpaired) electrons. The van der Waals surface area contributed by atoms with E-state index < -0.39 is 62.4 Å². The van der Waals surface area contributed by atoms with Gasteiger partial charge >= 0.3 is 6.18 Å². The van der Waals surface area contributed by atoms with Gasteiger partial charge in [0, 0.05) is 12.1 Å². The lowest BCUT2D eigenvalue weighted by Crippen LogP contribution is -2.54. The van der Waals surface area contributed by atoms with Gasteiger partial charge in [-0.15, -0.1) is 0 Å². The van der Waals surface area contributed by atoms with Gasteiger partial charge in [-0.2, -0.15) is 13.2 Å². The first-order valence-electron chi connectivity index (χ1n) is 13.1. The molecule has 0 saturated heterocycles. The van der Waals surface area contributed by atoms with Crippen molar-refractivity contribution in [2.24, 2.45) is 0 Å². The monoisotopic (exact) mass is 639 g/mol. The average Bonchev–Trinajstić information content (AvgIpc) is 2.93. The Labute approximate surface area is 254 Å². The Bertz CT molecular complexity index is 1560. The molecule has 43 heavy (non-hydrogen) atoms. The SMILES string of the molecule is COc1cccc(CN(C(=O)CN(c2ccc(Cl)c(C(F)(F)F)c2)S(=O)(=O)c2ccccc2)[C@@H](C)C(=O)NC(C)(C)C)c1. The molecule has 1 N–H and O–H groups in total. The lowest BCUT2D eigenvalue weighted by Gasteiger charge is -2.33. The van der Waals surface area contributed by atoms with Gasteiger partial charge in [0.05, 0.1) is 28.3 Å². The quantitative estimate of drug-likeness (QED) is 0.298. The van der Waals surface area contributed by atoms with Gasteiger partial charge in [0.2, 0.25) is 11.8 Å². The van der Waals surface area contributed by atoms with Crippen LogP contribution in [0.5, 0.6) is 5.75 Å². The summed E-state index contributed by atoms with van der Waals surface area (Å²) in [4.78, 5) is 28.1. The van der Waals surface area contributed by atoms with Crippen molar-refractivity contribution in [3.8, 4) is 5.75 Å². The largest absolute Gasteiger partial charge is 0.497 e. The number of carbonyl (C=O) groups excluding carboxylic acids is 2. The minimum Gasteiger partial charge on any atom is -0.497 e. The number of anilines is 1. The van der Waals surface area contributed by atoms with Crippen LogP contribution in [0.25, 0.3) is 0 Å². The second-order valence-corrected chi connectivity index (χ2v) is 13.0. The smallest absolute Gasteiger partial charge is 0.417 e. The van der Waals surface area contributed by atoms with Crippen LogP contribution in [0.15, 0.2) is 77.7 Å². The van der Waals surface area contributed by atoms with Gasteiger partial charge in [-0.3, -0.25) is 13.9 Å². The topological polar surface area (TPSA) is 96.0 Å². The van der Waals surface area contributed by atoms with Crippen molar-refractivity contribution in [3.63, 3.8) is 0 Å². The molecule has 3 rings (SSSR count). The number of carbonyl (C=O) groups is 2. The van der Waals surface area contributed by atoms with Crippen molar-refractivity contribution in [2.45, 2.75) is 56.9 Å². The number of hydrogen-bond donors (Lipinski definition) is 1. The van der Waals surface area contributed by atoms with Gasteiger partial charge in [-0.25, -0.2) is 8.42 Å². The predicted molar refractivity (Wildman–Crippen MR) is 158 cm³/mol. The summed E-state index contributed by atoms with van der Waals surface area (Å²) in [5, 5.41) is 2.17. The van der Waals surface area contributed by atoms with E-state index in [-0.39, 0.29) is 11.4 Å². The van der Waals surface area contributed by atoms with Gasteiger partial charge in [-0.05, 0) is 75.7 Å². The van der Waals surface area contributed by atoms with Gasteiger partial charge in [0.1, 0.15) is 18.3 Å². The van der Waals surface area contributed by atoms with Gasteiger partial charge < -0.3 is 15.0 Å². The lowest BCUT2D eigenvalue weighted by atomic mass is 10.1. The summed E-state index contributed by atoms with van der Waals surface area (Å²) in [6.45, 7) is 5.74. The van der Waals surface area contributed by atoms with Crippen LogP contribution in [0, 0.1) is 0 Å². The van der Waals surface area contributed by atoms with E-state index in [1.807, 2.05) is 0 Å². The van der Waals surface area contributed by atoms with Crippen LogP contribution >= 0.6 is 11.6 Å². The second-order valence-electron chi connectivity index (χ2n) is 10.8. The molecule has 0 unspecified atom stereocenters. The standard InChI is InChI=1S/C30H33ClF3N3O5S/c1-20(28(39)35-29(2,3)4)36(18-21-10-9-11-23(16-21)42-5)27(38)19-37(43(40,41)24-12-7-6-8-13-24)22-14-15-26(31)25(17-22)30(32,33)34/h6-17,20H,18-19H2,1-5H3,(H,35,39)/t20-/m0/s1. The van der Waals surface area contributed by atoms with Crippen LogP contribution in [0.3, 0.4) is 0 Å². The number of methoxy groups -OCH3 is 1. The lowest BCUT2D eigenvalue weighted by molar-refractivity contribution is -0.140. The summed E-state index contributed by atoms with van der Waals surface area (Å²) in [5.74, 6) is -0.847. The molecule has 0 bridgehead atoms. The molecule has 3 aromatic rings. The first kappa shape index (κ1) is 33.7. The van der Waals surface area contributed by atoms with Crippen molar-refractivity contribution in [2.75, 3.05) is 18.0 Å². The van der Waals surface area contributed by atoms with Gasteiger partial charge in [-0.1, -0.05) is 41.9 Å². The normalized spacial score (nSPS) is 12.8. The first-order valence-corrected chi connectivity index (χ1v) is 14.9. The number of ether oxygens (including phenoxy) is 1. The summed E-state index contributed by atoms with van der Waals surface area (Å²) in [7, 11) is -3.09. The van der Waals surface area contributed by atoms with E-state index in [4.69, 9.17) is 16.3 Å². The van der Waals surface area contributed by atoms with E-state index in [0.29, 0.717) is 21.7 Å². The Morgan fingerprint density at radius 2 is 1.63 bits per heavy atom. The molecule has 2 amide bonds. The third-order valence-electron chi connectivity index (χ3n) is 6.31. The highest BCUT2D eigenvalue weighted by molar-refractivity contribution is 7.92. The molecule has 1 atom stereocenters. The van der Waals surface area contributed by atoms with Crippen molar-refractivity contribution in [1.82, 2.24) is 10.2 Å². The molecule has 0 saturated carbocycles. The molecule has 0 spiro atoms. The third kappa shape index (κ3) is 8.64. The molecular weight excluding hydrogens is 607 g/mol. The maximum absolute atomic E-state index is 14.0. The fourth-order valence-corrected chi connectivity index (χ4v) is 5.81. The molecular formula is C30H33ClF3N3O5S. The molecule has 0 aliphatic carbocycles. The molecule has 0 heterocycles. The highest BCUT2D eigenvalue weighted by Gasteiger charge is 2.37. The number of nitrogens with zero attached hydrogens (tertiary/aromatic N) is 2. The summed E-state index contributed by atoms with van der Waals surface area (Å²) in [6, 6.07) is 15.2. The molecule has 3 aromatic carbocycles. The Balaban J connectivity index is 2.12. The molecule has 0 fully saturated rings. The van der Waals surface area contributed by atoms with Gasteiger partial charge in [0.15, 0.2) is 0 Å². The second kappa shape index (κ2) is 13.3.